The molecule has 1 heterocycles. The van der Waals surface area contributed by atoms with Gasteiger partial charge in [0, 0.05) is 31.5 Å². The molecule has 0 spiro atoms. The van der Waals surface area contributed by atoms with Crippen molar-refractivity contribution in [3.8, 4) is 0 Å². The van der Waals surface area contributed by atoms with Crippen LogP contribution < -0.4 is 9.80 Å². The molecule has 0 aliphatic carbocycles. The minimum atomic E-state index is -0.124. The Bertz CT molecular complexity index is 666. The third-order valence-electron chi connectivity index (χ3n) is 3.78. The van der Waals surface area contributed by atoms with Crippen LogP contribution in [0.15, 0.2) is 36.4 Å². The fraction of sp³-hybridized carbons (Fsp3) is 0.421. The van der Waals surface area contributed by atoms with Gasteiger partial charge in [-0.1, -0.05) is 32.0 Å². The number of benzene rings is 1. The van der Waals surface area contributed by atoms with Gasteiger partial charge in [-0.05, 0) is 38.0 Å². The van der Waals surface area contributed by atoms with E-state index in [2.05, 4.69) is 28.7 Å². The third-order valence-corrected chi connectivity index (χ3v) is 3.78. The SMILES string of the molecule is CCCN(CCC)c1nc(C)cc(C(=O)N(C)c2ccccc2)n1. The van der Waals surface area contributed by atoms with Crippen molar-refractivity contribution in [3.63, 3.8) is 0 Å². The number of aromatic nitrogens is 2. The second-order valence-corrected chi connectivity index (χ2v) is 5.88. The first-order valence-electron chi connectivity index (χ1n) is 8.50. The fourth-order valence-corrected chi connectivity index (χ4v) is 2.60. The molecule has 0 atom stereocenters. The number of aryl methyl sites for hydroxylation is 1. The highest BCUT2D eigenvalue weighted by Crippen LogP contribution is 2.17. The topological polar surface area (TPSA) is 49.3 Å². The van der Waals surface area contributed by atoms with Crippen molar-refractivity contribution in [2.75, 3.05) is 29.9 Å². The lowest BCUT2D eigenvalue weighted by molar-refractivity contribution is 0.0988. The summed E-state index contributed by atoms with van der Waals surface area (Å²) in [5, 5.41) is 0. The van der Waals surface area contributed by atoms with Crippen LogP contribution in [0.2, 0.25) is 0 Å². The summed E-state index contributed by atoms with van der Waals surface area (Å²) in [6, 6.07) is 11.3. The Labute approximate surface area is 144 Å². The first kappa shape index (κ1) is 17.9. The van der Waals surface area contributed by atoms with Crippen LogP contribution in [0.3, 0.4) is 0 Å². The molecule has 0 aliphatic rings. The van der Waals surface area contributed by atoms with Crippen molar-refractivity contribution in [3.05, 3.63) is 47.8 Å². The Kier molecular flexibility index (Phi) is 6.29. The van der Waals surface area contributed by atoms with E-state index in [9.17, 15) is 4.79 Å². The predicted octanol–water partition coefficient (Wildman–Crippen LogP) is 3.69. The minimum absolute atomic E-state index is 0.124. The van der Waals surface area contributed by atoms with E-state index in [1.165, 1.54) is 0 Å². The van der Waals surface area contributed by atoms with E-state index in [-0.39, 0.29) is 5.91 Å². The Balaban J connectivity index is 2.31. The minimum Gasteiger partial charge on any atom is -0.341 e. The second kappa shape index (κ2) is 8.43. The highest BCUT2D eigenvalue weighted by molar-refractivity contribution is 6.04. The molecule has 0 bridgehead atoms. The molecular weight excluding hydrogens is 300 g/mol. The van der Waals surface area contributed by atoms with Gasteiger partial charge in [-0.25, -0.2) is 9.97 Å². The average Bonchev–Trinajstić information content (AvgIpc) is 2.60. The van der Waals surface area contributed by atoms with E-state index >= 15 is 0 Å². The number of amides is 1. The first-order chi connectivity index (χ1) is 11.6. The predicted molar refractivity (Wildman–Crippen MR) is 98.7 cm³/mol. The van der Waals surface area contributed by atoms with Crippen LogP contribution in [0.5, 0.6) is 0 Å². The number of hydrogen-bond donors (Lipinski definition) is 0. The number of carbonyl (C=O) groups is 1. The molecule has 0 aliphatic heterocycles. The smallest absolute Gasteiger partial charge is 0.276 e. The summed E-state index contributed by atoms with van der Waals surface area (Å²) < 4.78 is 0. The van der Waals surface area contributed by atoms with Crippen LogP contribution in [0.1, 0.15) is 42.9 Å². The molecule has 0 fully saturated rings. The van der Waals surface area contributed by atoms with Crippen molar-refractivity contribution in [1.29, 1.82) is 0 Å². The molecule has 1 aromatic carbocycles. The maximum absolute atomic E-state index is 12.8. The van der Waals surface area contributed by atoms with Crippen molar-refractivity contribution < 1.29 is 4.79 Å². The summed E-state index contributed by atoms with van der Waals surface area (Å²) in [4.78, 5) is 25.6. The molecule has 0 saturated carbocycles. The molecule has 0 saturated heterocycles. The standard InChI is InChI=1S/C19H26N4O/c1-5-12-23(13-6-2)19-20-15(3)14-17(21-19)18(24)22(4)16-10-8-7-9-11-16/h7-11,14H,5-6,12-13H2,1-4H3. The summed E-state index contributed by atoms with van der Waals surface area (Å²) in [6.07, 6.45) is 2.04. The van der Waals surface area contributed by atoms with Crippen molar-refractivity contribution in [1.82, 2.24) is 9.97 Å². The summed E-state index contributed by atoms with van der Waals surface area (Å²) in [6.45, 7) is 7.95. The van der Waals surface area contributed by atoms with Crippen LogP contribution in [0, 0.1) is 6.92 Å². The zero-order valence-corrected chi connectivity index (χ0v) is 15.0. The van der Waals surface area contributed by atoms with Crippen molar-refractivity contribution in [2.45, 2.75) is 33.6 Å². The number of para-hydroxylation sites is 1. The molecule has 0 N–H and O–H groups in total. The molecule has 5 nitrogen and oxygen atoms in total. The monoisotopic (exact) mass is 326 g/mol. The molecule has 1 amide bonds. The Hall–Kier alpha value is -2.43. The van der Waals surface area contributed by atoms with Gasteiger partial charge in [0.2, 0.25) is 5.95 Å². The van der Waals surface area contributed by atoms with Gasteiger partial charge in [0.25, 0.3) is 5.91 Å². The quantitative estimate of drug-likeness (QED) is 0.778. The molecule has 0 radical (unpaired) electrons. The highest BCUT2D eigenvalue weighted by atomic mass is 16.2. The van der Waals surface area contributed by atoms with Crippen molar-refractivity contribution in [2.24, 2.45) is 0 Å². The molecule has 2 rings (SSSR count). The van der Waals surface area contributed by atoms with E-state index in [0.29, 0.717) is 11.6 Å². The third kappa shape index (κ3) is 4.31. The summed E-state index contributed by atoms with van der Waals surface area (Å²) in [5.41, 5.74) is 2.09. The first-order valence-corrected chi connectivity index (χ1v) is 8.50. The van der Waals surface area contributed by atoms with Gasteiger partial charge in [0.1, 0.15) is 5.69 Å². The zero-order valence-electron chi connectivity index (χ0n) is 15.0. The summed E-state index contributed by atoms with van der Waals surface area (Å²) in [7, 11) is 1.77. The van der Waals surface area contributed by atoms with E-state index in [4.69, 9.17) is 0 Å². The molecule has 128 valence electrons. The number of anilines is 2. The van der Waals surface area contributed by atoms with E-state index in [1.54, 1.807) is 18.0 Å². The number of nitrogens with zero attached hydrogens (tertiary/aromatic N) is 4. The van der Waals surface area contributed by atoms with Gasteiger partial charge in [-0.15, -0.1) is 0 Å². The lowest BCUT2D eigenvalue weighted by atomic mass is 10.2. The number of carbonyl (C=O) groups excluding carboxylic acids is 1. The van der Waals surface area contributed by atoms with Gasteiger partial charge >= 0.3 is 0 Å². The maximum atomic E-state index is 12.8. The van der Waals surface area contributed by atoms with Gasteiger partial charge in [-0.3, -0.25) is 4.79 Å². The van der Waals surface area contributed by atoms with E-state index in [1.807, 2.05) is 37.3 Å². The number of rotatable bonds is 7. The summed E-state index contributed by atoms with van der Waals surface area (Å²) >= 11 is 0. The molecular formula is C19H26N4O. The van der Waals surface area contributed by atoms with Crippen LogP contribution in [0.25, 0.3) is 0 Å². The lowest BCUT2D eigenvalue weighted by Crippen LogP contribution is -2.30. The van der Waals surface area contributed by atoms with Gasteiger partial charge in [0.05, 0.1) is 0 Å². The van der Waals surface area contributed by atoms with Gasteiger partial charge in [-0.2, -0.15) is 0 Å². The Morgan fingerprint density at radius 2 is 1.67 bits per heavy atom. The lowest BCUT2D eigenvalue weighted by Gasteiger charge is -2.23. The molecule has 24 heavy (non-hydrogen) atoms. The molecule has 0 unspecified atom stereocenters. The zero-order chi connectivity index (χ0) is 17.5. The molecule has 1 aromatic heterocycles. The van der Waals surface area contributed by atoms with Gasteiger partial charge in [0.15, 0.2) is 0 Å². The largest absolute Gasteiger partial charge is 0.341 e. The van der Waals surface area contributed by atoms with Crippen LogP contribution in [-0.2, 0) is 0 Å². The average molecular weight is 326 g/mol. The fourth-order valence-electron chi connectivity index (χ4n) is 2.60. The van der Waals surface area contributed by atoms with Gasteiger partial charge < -0.3 is 9.80 Å². The second-order valence-electron chi connectivity index (χ2n) is 5.88. The Morgan fingerprint density at radius 3 is 2.25 bits per heavy atom. The van der Waals surface area contributed by atoms with Crippen LogP contribution >= 0.6 is 0 Å². The van der Waals surface area contributed by atoms with E-state index < -0.39 is 0 Å². The number of hydrogen-bond acceptors (Lipinski definition) is 4. The van der Waals surface area contributed by atoms with Crippen LogP contribution in [0.4, 0.5) is 11.6 Å². The normalized spacial score (nSPS) is 10.5. The van der Waals surface area contributed by atoms with Crippen LogP contribution in [-0.4, -0.2) is 36.0 Å². The molecule has 2 aromatic rings. The Morgan fingerprint density at radius 1 is 1.04 bits per heavy atom. The van der Waals surface area contributed by atoms with Crippen molar-refractivity contribution >= 4 is 17.5 Å². The summed E-state index contributed by atoms with van der Waals surface area (Å²) in [5.74, 6) is 0.518. The molecule has 5 heteroatoms. The highest BCUT2D eigenvalue weighted by Gasteiger charge is 2.18. The van der Waals surface area contributed by atoms with E-state index in [0.717, 1.165) is 37.3 Å². The maximum Gasteiger partial charge on any atom is 0.276 e.